The number of rotatable bonds is 4. The molecule has 8 aromatic carbocycles. The molecule has 0 amide bonds. The van der Waals surface area contributed by atoms with Crippen molar-refractivity contribution in [2.75, 3.05) is 9.80 Å². The number of nitrogens with zero attached hydrogens (tertiary/aromatic N) is 3. The van der Waals surface area contributed by atoms with Gasteiger partial charge >= 0.3 is 0 Å². The lowest BCUT2D eigenvalue weighted by molar-refractivity contribution is 0.666. The molecule has 3 aliphatic rings. The number of para-hydroxylation sites is 3. The van der Waals surface area contributed by atoms with Crippen molar-refractivity contribution in [2.45, 2.75) is 40.0 Å². The maximum absolute atomic E-state index is 2.66. The fourth-order valence-corrected chi connectivity index (χ4v) is 12.6. The van der Waals surface area contributed by atoms with Crippen LogP contribution in [0.2, 0.25) is 0 Å². The van der Waals surface area contributed by atoms with Gasteiger partial charge in [0.1, 0.15) is 0 Å². The Morgan fingerprint density at radius 1 is 0.557 bits per heavy atom. The van der Waals surface area contributed by atoms with Crippen LogP contribution in [-0.2, 0) is 5.41 Å². The minimum Gasteiger partial charge on any atom is -0.311 e. The molecule has 0 atom stereocenters. The Balaban J connectivity index is 1.17. The van der Waals surface area contributed by atoms with Crippen molar-refractivity contribution < 1.29 is 0 Å². The van der Waals surface area contributed by atoms with Crippen LogP contribution in [0.4, 0.5) is 34.1 Å². The molecule has 0 radical (unpaired) electrons. The number of hydrogen-bond donors (Lipinski definition) is 0. The van der Waals surface area contributed by atoms with Gasteiger partial charge in [-0.05, 0) is 120 Å². The summed E-state index contributed by atoms with van der Waals surface area (Å²) in [5.41, 5.74) is 23.0. The van der Waals surface area contributed by atoms with Crippen molar-refractivity contribution in [3.05, 3.63) is 192 Å². The fraction of sp³-hybridized carbons (Fsp3) is 0.107. The largest absolute Gasteiger partial charge is 0.311 e. The number of aromatic nitrogens is 1. The van der Waals surface area contributed by atoms with Crippen molar-refractivity contribution in [1.29, 1.82) is 0 Å². The highest BCUT2D eigenvalue weighted by Gasteiger charge is 2.47. The summed E-state index contributed by atoms with van der Waals surface area (Å²) in [4.78, 5) is 5.10. The standard InChI is InChI=1S/C56H42BN3S/c1-33-30-47-53-48(31-33)60-54-39(52-55(60)37-18-8-10-21-40(37)56(52,4)5)20-14-22-42(54)57(53)41-29-28-36(58(43-23-11-6-16-34(43)2)44-24-12-7-17-35(44)3)32-46(41)59(47)45-25-15-27-50-51(45)38-19-9-13-26-49(38)61-50/h6-32H,1-5H3. The fourth-order valence-electron chi connectivity index (χ4n) is 11.5. The Morgan fingerprint density at radius 3 is 2.03 bits per heavy atom. The van der Waals surface area contributed by atoms with Crippen LogP contribution in [-0.4, -0.2) is 11.3 Å². The highest BCUT2D eigenvalue weighted by Crippen LogP contribution is 2.55. The molecule has 0 saturated heterocycles. The van der Waals surface area contributed by atoms with Gasteiger partial charge in [0.25, 0.3) is 6.71 Å². The van der Waals surface area contributed by atoms with Crippen molar-refractivity contribution in [3.63, 3.8) is 0 Å². The zero-order chi connectivity index (χ0) is 40.9. The van der Waals surface area contributed by atoms with E-state index in [9.17, 15) is 0 Å². The first-order valence-corrected chi connectivity index (χ1v) is 22.3. The quantitative estimate of drug-likeness (QED) is 0.164. The summed E-state index contributed by atoms with van der Waals surface area (Å²) in [6, 6.07) is 61.9. The molecule has 290 valence electrons. The lowest BCUT2D eigenvalue weighted by Gasteiger charge is -2.41. The number of thiophene rings is 1. The molecule has 1 aliphatic carbocycles. The van der Waals surface area contributed by atoms with Gasteiger partial charge in [0, 0.05) is 76.2 Å². The molecule has 10 aromatic rings. The summed E-state index contributed by atoms with van der Waals surface area (Å²) in [6.45, 7) is 11.6. The van der Waals surface area contributed by atoms with E-state index in [-0.39, 0.29) is 12.1 Å². The maximum atomic E-state index is 2.66. The third kappa shape index (κ3) is 4.59. The van der Waals surface area contributed by atoms with E-state index in [4.69, 9.17) is 0 Å². The van der Waals surface area contributed by atoms with Crippen LogP contribution in [0.5, 0.6) is 0 Å². The molecule has 0 spiro atoms. The van der Waals surface area contributed by atoms with Crippen LogP contribution in [0.1, 0.15) is 41.7 Å². The van der Waals surface area contributed by atoms with E-state index in [1.807, 2.05) is 11.3 Å². The van der Waals surface area contributed by atoms with Crippen LogP contribution >= 0.6 is 11.3 Å². The summed E-state index contributed by atoms with van der Waals surface area (Å²) in [7, 11) is 0. The number of aryl methyl sites for hydroxylation is 3. The molecular weight excluding hydrogens is 758 g/mol. The van der Waals surface area contributed by atoms with Gasteiger partial charge in [-0.15, -0.1) is 11.3 Å². The van der Waals surface area contributed by atoms with E-state index in [0.29, 0.717) is 0 Å². The summed E-state index contributed by atoms with van der Waals surface area (Å²) in [5.74, 6) is 0. The number of benzene rings is 8. The third-order valence-corrected chi connectivity index (χ3v) is 15.2. The molecule has 61 heavy (non-hydrogen) atoms. The Labute approximate surface area is 360 Å². The van der Waals surface area contributed by atoms with Crippen LogP contribution in [0, 0.1) is 20.8 Å². The van der Waals surface area contributed by atoms with E-state index in [2.05, 4.69) is 213 Å². The Hall–Kier alpha value is -6.82. The average molecular weight is 800 g/mol. The second-order valence-corrected chi connectivity index (χ2v) is 18.9. The lowest BCUT2D eigenvalue weighted by atomic mass is 9.33. The summed E-state index contributed by atoms with van der Waals surface area (Å²) < 4.78 is 5.27. The number of fused-ring (bicyclic) bond motifs is 12. The van der Waals surface area contributed by atoms with E-state index in [0.717, 1.165) is 5.69 Å². The Kier molecular flexibility index (Phi) is 7.10. The van der Waals surface area contributed by atoms with Crippen molar-refractivity contribution in [2.24, 2.45) is 0 Å². The van der Waals surface area contributed by atoms with Gasteiger partial charge in [0.05, 0.1) is 11.4 Å². The SMILES string of the molecule is Cc1cc2c3c(c1)-n1c4c(c5cccc(c51)B3c1ccc(N(c3ccccc3C)c3ccccc3C)cc1N2c1cccc2sc3ccccc3c12)C(C)(C)c1ccccc1-4. The van der Waals surface area contributed by atoms with Crippen molar-refractivity contribution in [3.8, 4) is 16.9 Å². The Bertz CT molecular complexity index is 3490. The molecule has 0 bridgehead atoms. The van der Waals surface area contributed by atoms with E-state index in [1.54, 1.807) is 0 Å². The lowest BCUT2D eigenvalue weighted by Crippen LogP contribution is -2.60. The van der Waals surface area contributed by atoms with E-state index >= 15 is 0 Å². The van der Waals surface area contributed by atoms with Gasteiger partial charge in [-0.3, -0.25) is 0 Å². The van der Waals surface area contributed by atoms with Crippen molar-refractivity contribution >= 4 is 99.6 Å². The molecule has 13 rings (SSSR count). The van der Waals surface area contributed by atoms with Gasteiger partial charge in [-0.1, -0.05) is 123 Å². The van der Waals surface area contributed by atoms with Crippen LogP contribution in [0.25, 0.3) is 48.0 Å². The second kappa shape index (κ2) is 12.4. The zero-order valence-corrected chi connectivity index (χ0v) is 35.7. The van der Waals surface area contributed by atoms with Gasteiger partial charge in [0.2, 0.25) is 0 Å². The predicted molar refractivity (Wildman–Crippen MR) is 262 cm³/mol. The molecule has 2 aliphatic heterocycles. The van der Waals surface area contributed by atoms with E-state index in [1.165, 1.54) is 121 Å². The highest BCUT2D eigenvalue weighted by molar-refractivity contribution is 7.26. The van der Waals surface area contributed by atoms with Gasteiger partial charge in [0.15, 0.2) is 0 Å². The van der Waals surface area contributed by atoms with Gasteiger partial charge in [-0.25, -0.2) is 0 Å². The molecule has 4 heterocycles. The molecule has 0 fully saturated rings. The normalized spacial score (nSPS) is 14.0. The summed E-state index contributed by atoms with van der Waals surface area (Å²) in [6.07, 6.45) is 0. The molecular formula is C56H42BN3S. The van der Waals surface area contributed by atoms with Gasteiger partial charge < -0.3 is 14.4 Å². The zero-order valence-electron chi connectivity index (χ0n) is 34.9. The minimum atomic E-state index is -0.135. The van der Waals surface area contributed by atoms with Crippen LogP contribution in [0.3, 0.4) is 0 Å². The topological polar surface area (TPSA) is 11.4 Å². The highest BCUT2D eigenvalue weighted by atomic mass is 32.1. The molecule has 0 saturated carbocycles. The van der Waals surface area contributed by atoms with Crippen molar-refractivity contribution in [1.82, 2.24) is 4.57 Å². The third-order valence-electron chi connectivity index (χ3n) is 14.0. The Morgan fingerprint density at radius 2 is 1.23 bits per heavy atom. The second-order valence-electron chi connectivity index (χ2n) is 17.9. The van der Waals surface area contributed by atoms with Crippen LogP contribution in [0.15, 0.2) is 164 Å². The first kappa shape index (κ1) is 35.0. The minimum absolute atomic E-state index is 0.0410. The first-order chi connectivity index (χ1) is 29.8. The maximum Gasteiger partial charge on any atom is 0.252 e. The molecule has 0 unspecified atom stereocenters. The van der Waals surface area contributed by atoms with Gasteiger partial charge in [-0.2, -0.15) is 0 Å². The molecule has 2 aromatic heterocycles. The predicted octanol–water partition coefficient (Wildman–Crippen LogP) is 13.3. The number of anilines is 6. The molecule has 0 N–H and O–H groups in total. The van der Waals surface area contributed by atoms with Crippen LogP contribution < -0.4 is 26.2 Å². The smallest absolute Gasteiger partial charge is 0.252 e. The summed E-state index contributed by atoms with van der Waals surface area (Å²) >= 11 is 1.89. The molecule has 5 heteroatoms. The first-order valence-electron chi connectivity index (χ1n) is 21.5. The molecule has 3 nitrogen and oxygen atoms in total. The summed E-state index contributed by atoms with van der Waals surface area (Å²) in [5, 5.41) is 3.97. The monoisotopic (exact) mass is 799 g/mol. The average Bonchev–Trinajstić information content (AvgIpc) is 3.91. The van der Waals surface area contributed by atoms with E-state index < -0.39 is 0 Å². The number of hydrogen-bond acceptors (Lipinski definition) is 3.